The second kappa shape index (κ2) is 3.93. The Morgan fingerprint density at radius 2 is 2.00 bits per heavy atom. The molecule has 0 saturated heterocycles. The van der Waals surface area contributed by atoms with Crippen LogP contribution in [0.2, 0.25) is 0 Å². The Bertz CT molecular complexity index is 490. The first-order valence-corrected chi connectivity index (χ1v) is 5.26. The first-order valence-electron chi connectivity index (χ1n) is 4.47. The lowest BCUT2D eigenvalue weighted by atomic mass is 10.1. The van der Waals surface area contributed by atoms with Gasteiger partial charge < -0.3 is 4.90 Å². The van der Waals surface area contributed by atoms with Crippen LogP contribution in [0.3, 0.4) is 0 Å². The highest BCUT2D eigenvalue weighted by Gasteiger charge is 2.37. The Labute approximate surface area is 98.2 Å². The number of anilines is 1. The molecular formula is C10H6BrF2NO2. The lowest BCUT2D eigenvalue weighted by Crippen LogP contribution is -2.31. The average molecular weight is 290 g/mol. The summed E-state index contributed by atoms with van der Waals surface area (Å²) in [6.07, 6.45) is 0. The number of Topliss-reactive ketones (excluding diaryl/α,β-unsaturated/α-hetero) is 1. The van der Waals surface area contributed by atoms with Gasteiger partial charge in [0.1, 0.15) is 12.5 Å². The third-order valence-electron chi connectivity index (χ3n) is 2.29. The van der Waals surface area contributed by atoms with E-state index in [1.165, 1.54) is 0 Å². The van der Waals surface area contributed by atoms with Crippen molar-refractivity contribution < 1.29 is 18.4 Å². The van der Waals surface area contributed by atoms with Crippen LogP contribution >= 0.6 is 15.9 Å². The number of nitrogens with zero attached hydrogens (tertiary/aromatic N) is 1. The van der Waals surface area contributed by atoms with Crippen molar-refractivity contribution in [1.29, 1.82) is 0 Å². The molecule has 0 saturated carbocycles. The van der Waals surface area contributed by atoms with E-state index in [9.17, 15) is 18.4 Å². The molecule has 0 radical (unpaired) electrons. The van der Waals surface area contributed by atoms with Crippen molar-refractivity contribution in [2.24, 2.45) is 0 Å². The zero-order valence-electron chi connectivity index (χ0n) is 7.97. The molecule has 1 heterocycles. The number of amides is 1. The minimum Gasteiger partial charge on any atom is -0.301 e. The summed E-state index contributed by atoms with van der Waals surface area (Å²) in [7, 11) is 0. The summed E-state index contributed by atoms with van der Waals surface area (Å²) in [5, 5.41) is 0. The van der Waals surface area contributed by atoms with Crippen molar-refractivity contribution in [3.8, 4) is 0 Å². The van der Waals surface area contributed by atoms with Crippen molar-refractivity contribution in [2.75, 3.05) is 18.1 Å². The number of hydrogen-bond donors (Lipinski definition) is 0. The number of carbonyl (C=O) groups is 2. The van der Waals surface area contributed by atoms with Crippen LogP contribution in [-0.2, 0) is 4.79 Å². The van der Waals surface area contributed by atoms with Gasteiger partial charge in [0.15, 0.2) is 0 Å². The van der Waals surface area contributed by atoms with Crippen LogP contribution < -0.4 is 4.90 Å². The number of halogens is 3. The second-order valence-electron chi connectivity index (χ2n) is 3.26. The summed E-state index contributed by atoms with van der Waals surface area (Å²) in [6.45, 7) is -0.968. The topological polar surface area (TPSA) is 37.4 Å². The van der Waals surface area contributed by atoms with E-state index < -0.39 is 24.2 Å². The second-order valence-corrected chi connectivity index (χ2v) is 4.11. The van der Waals surface area contributed by atoms with E-state index in [4.69, 9.17) is 0 Å². The van der Waals surface area contributed by atoms with Crippen LogP contribution in [0.25, 0.3) is 0 Å². The molecule has 0 spiro atoms. The molecule has 1 aliphatic rings. The predicted octanol–water partition coefficient (Wildman–Crippen LogP) is 2.09. The van der Waals surface area contributed by atoms with Crippen LogP contribution in [0, 0.1) is 5.82 Å². The minimum atomic E-state index is -0.820. The molecule has 1 amide bonds. The summed E-state index contributed by atoms with van der Waals surface area (Å²) >= 11 is 3.05. The fourth-order valence-electron chi connectivity index (χ4n) is 1.65. The first-order chi connectivity index (χ1) is 7.56. The number of rotatable bonds is 2. The molecule has 0 aliphatic carbocycles. The molecule has 2 rings (SSSR count). The molecule has 0 bridgehead atoms. The van der Waals surface area contributed by atoms with E-state index in [2.05, 4.69) is 15.9 Å². The van der Waals surface area contributed by atoms with Gasteiger partial charge in [-0.3, -0.25) is 9.59 Å². The van der Waals surface area contributed by atoms with Crippen molar-refractivity contribution in [3.05, 3.63) is 28.0 Å². The molecule has 1 aromatic carbocycles. The Morgan fingerprint density at radius 1 is 1.31 bits per heavy atom. The monoisotopic (exact) mass is 289 g/mol. The predicted molar refractivity (Wildman–Crippen MR) is 56.8 cm³/mol. The summed E-state index contributed by atoms with van der Waals surface area (Å²) in [6, 6.07) is 2.12. The van der Waals surface area contributed by atoms with E-state index in [-0.39, 0.29) is 22.3 Å². The highest BCUT2D eigenvalue weighted by molar-refractivity contribution is 9.10. The lowest BCUT2D eigenvalue weighted by molar-refractivity contribution is -0.114. The van der Waals surface area contributed by atoms with Gasteiger partial charge in [0.2, 0.25) is 0 Å². The third-order valence-corrected chi connectivity index (χ3v) is 2.89. The van der Waals surface area contributed by atoms with Crippen molar-refractivity contribution in [3.63, 3.8) is 0 Å². The van der Waals surface area contributed by atoms with Crippen LogP contribution in [0.4, 0.5) is 14.5 Å². The quantitative estimate of drug-likeness (QED) is 0.782. The summed E-state index contributed by atoms with van der Waals surface area (Å²) in [5.41, 5.74) is 0.222. The van der Waals surface area contributed by atoms with E-state index in [0.29, 0.717) is 0 Å². The Hall–Kier alpha value is -1.30. The van der Waals surface area contributed by atoms with Gasteiger partial charge in [-0.15, -0.1) is 0 Å². The number of ketones is 1. The number of alkyl halides is 1. The SMILES string of the molecule is O=C1C(=O)N(CCF)c2c(Br)cc(F)cc21. The highest BCUT2D eigenvalue weighted by atomic mass is 79.9. The molecule has 0 atom stereocenters. The summed E-state index contributed by atoms with van der Waals surface area (Å²) in [5.74, 6) is -2.24. The van der Waals surface area contributed by atoms with Gasteiger partial charge in [-0.1, -0.05) is 0 Å². The van der Waals surface area contributed by atoms with E-state index in [1.807, 2.05) is 0 Å². The smallest absolute Gasteiger partial charge is 0.299 e. The van der Waals surface area contributed by atoms with Crippen LogP contribution in [0.5, 0.6) is 0 Å². The fourth-order valence-corrected chi connectivity index (χ4v) is 2.30. The zero-order valence-corrected chi connectivity index (χ0v) is 9.55. The maximum Gasteiger partial charge on any atom is 0.299 e. The minimum absolute atomic E-state index is 0.0228. The third kappa shape index (κ3) is 1.53. The molecular weight excluding hydrogens is 284 g/mol. The molecule has 6 heteroatoms. The molecule has 84 valence electrons. The van der Waals surface area contributed by atoms with E-state index >= 15 is 0 Å². The fraction of sp³-hybridized carbons (Fsp3) is 0.200. The standard InChI is InChI=1S/C10H6BrF2NO2/c11-7-4-5(13)3-6-8(7)14(2-1-12)10(16)9(6)15/h3-4H,1-2H2. The van der Waals surface area contributed by atoms with Gasteiger partial charge in [0, 0.05) is 4.47 Å². The molecule has 0 unspecified atom stereocenters. The van der Waals surface area contributed by atoms with Crippen LogP contribution in [0.15, 0.2) is 16.6 Å². The number of fused-ring (bicyclic) bond motifs is 1. The molecule has 0 aromatic heterocycles. The summed E-state index contributed by atoms with van der Waals surface area (Å²) < 4.78 is 25.6. The van der Waals surface area contributed by atoms with E-state index in [1.54, 1.807) is 0 Å². The van der Waals surface area contributed by atoms with Crippen molar-refractivity contribution in [1.82, 2.24) is 0 Å². The molecule has 0 N–H and O–H groups in total. The molecule has 3 nitrogen and oxygen atoms in total. The zero-order chi connectivity index (χ0) is 11.9. The summed E-state index contributed by atoms with van der Waals surface area (Å²) in [4.78, 5) is 24.0. The Balaban J connectivity index is 2.60. The highest BCUT2D eigenvalue weighted by Crippen LogP contribution is 2.36. The number of hydrogen-bond acceptors (Lipinski definition) is 2. The van der Waals surface area contributed by atoms with Gasteiger partial charge >= 0.3 is 0 Å². The van der Waals surface area contributed by atoms with Crippen molar-refractivity contribution in [2.45, 2.75) is 0 Å². The van der Waals surface area contributed by atoms with Gasteiger partial charge in [-0.2, -0.15) is 0 Å². The van der Waals surface area contributed by atoms with E-state index in [0.717, 1.165) is 17.0 Å². The van der Waals surface area contributed by atoms with Gasteiger partial charge in [-0.05, 0) is 28.1 Å². The molecule has 0 fully saturated rings. The maximum atomic E-state index is 13.0. The van der Waals surface area contributed by atoms with Gasteiger partial charge in [-0.25, -0.2) is 8.78 Å². The van der Waals surface area contributed by atoms with Crippen LogP contribution in [-0.4, -0.2) is 24.9 Å². The van der Waals surface area contributed by atoms with Gasteiger partial charge in [0.05, 0.1) is 17.8 Å². The first kappa shape index (κ1) is 11.2. The average Bonchev–Trinajstić information content (AvgIpc) is 2.44. The largest absolute Gasteiger partial charge is 0.301 e. The molecule has 1 aliphatic heterocycles. The Morgan fingerprint density at radius 3 is 2.62 bits per heavy atom. The van der Waals surface area contributed by atoms with Crippen LogP contribution in [0.1, 0.15) is 10.4 Å². The number of benzene rings is 1. The lowest BCUT2D eigenvalue weighted by Gasteiger charge is -2.15. The molecule has 16 heavy (non-hydrogen) atoms. The normalized spacial score (nSPS) is 14.6. The van der Waals surface area contributed by atoms with Gasteiger partial charge in [0.25, 0.3) is 11.7 Å². The maximum absolute atomic E-state index is 13.0. The molecule has 1 aromatic rings. The Kier molecular flexibility index (Phi) is 2.75. The number of carbonyl (C=O) groups excluding carboxylic acids is 2. The van der Waals surface area contributed by atoms with Crippen molar-refractivity contribution >= 4 is 33.3 Å².